The Morgan fingerprint density at radius 1 is 1.20 bits per heavy atom. The molecule has 30 heavy (non-hydrogen) atoms. The van der Waals surface area contributed by atoms with Gasteiger partial charge in [0.25, 0.3) is 5.91 Å². The molecule has 0 spiro atoms. The Labute approximate surface area is 173 Å². The summed E-state index contributed by atoms with van der Waals surface area (Å²) in [7, 11) is 0. The lowest BCUT2D eigenvalue weighted by Crippen LogP contribution is -2.25. The van der Waals surface area contributed by atoms with Gasteiger partial charge in [-0.25, -0.2) is 4.39 Å². The van der Waals surface area contributed by atoms with Crippen molar-refractivity contribution in [3.63, 3.8) is 0 Å². The van der Waals surface area contributed by atoms with Crippen molar-refractivity contribution in [2.75, 3.05) is 0 Å². The Morgan fingerprint density at radius 3 is 2.83 bits per heavy atom. The highest BCUT2D eigenvalue weighted by Crippen LogP contribution is 2.30. The third kappa shape index (κ3) is 3.56. The number of carbonyl (C=O) groups excluding carboxylic acids is 1. The number of hydrogen-bond acceptors (Lipinski definition) is 3. The molecule has 1 aliphatic carbocycles. The van der Waals surface area contributed by atoms with Crippen LogP contribution in [0.5, 0.6) is 0 Å². The fourth-order valence-corrected chi connectivity index (χ4v) is 3.65. The van der Waals surface area contributed by atoms with Gasteiger partial charge in [-0.3, -0.25) is 14.5 Å². The van der Waals surface area contributed by atoms with Crippen LogP contribution in [0.3, 0.4) is 0 Å². The predicted molar refractivity (Wildman–Crippen MR) is 114 cm³/mol. The number of halogens is 1. The molecule has 1 aliphatic rings. The van der Waals surface area contributed by atoms with Crippen LogP contribution in [0.15, 0.2) is 61.1 Å². The van der Waals surface area contributed by atoms with E-state index in [1.807, 2.05) is 47.4 Å². The number of fused-ring (bicyclic) bond motifs is 1. The number of amides is 1. The van der Waals surface area contributed by atoms with Crippen molar-refractivity contribution >= 4 is 16.8 Å². The van der Waals surface area contributed by atoms with Crippen LogP contribution in [-0.4, -0.2) is 26.7 Å². The van der Waals surface area contributed by atoms with Crippen molar-refractivity contribution in [3.8, 4) is 11.1 Å². The first-order valence-electron chi connectivity index (χ1n) is 10.0. The van der Waals surface area contributed by atoms with Gasteiger partial charge in [0.05, 0.1) is 18.3 Å². The molecule has 5 rings (SSSR count). The van der Waals surface area contributed by atoms with Gasteiger partial charge in [-0.05, 0) is 72.4 Å². The highest BCUT2D eigenvalue weighted by molar-refractivity contribution is 5.96. The molecule has 0 unspecified atom stereocenters. The quantitative estimate of drug-likeness (QED) is 0.537. The van der Waals surface area contributed by atoms with Crippen LogP contribution < -0.4 is 5.32 Å². The van der Waals surface area contributed by atoms with Crippen molar-refractivity contribution < 1.29 is 9.18 Å². The minimum absolute atomic E-state index is 0.219. The monoisotopic (exact) mass is 400 g/mol. The molecule has 1 N–H and O–H groups in total. The minimum Gasteiger partial charge on any atom is -0.349 e. The van der Waals surface area contributed by atoms with Crippen molar-refractivity contribution in [1.29, 1.82) is 0 Å². The lowest BCUT2D eigenvalue weighted by atomic mass is 9.96. The van der Waals surface area contributed by atoms with E-state index in [0.29, 0.717) is 17.7 Å². The van der Waals surface area contributed by atoms with Gasteiger partial charge in [-0.1, -0.05) is 12.1 Å². The van der Waals surface area contributed by atoms with E-state index in [4.69, 9.17) is 0 Å². The number of hydrogen-bond donors (Lipinski definition) is 1. The molecule has 4 aromatic rings. The van der Waals surface area contributed by atoms with Crippen LogP contribution in [0.1, 0.15) is 34.3 Å². The summed E-state index contributed by atoms with van der Waals surface area (Å²) in [5.74, 6) is -0.594. The van der Waals surface area contributed by atoms with Crippen molar-refractivity contribution in [1.82, 2.24) is 20.1 Å². The minimum atomic E-state index is -0.374. The highest BCUT2D eigenvalue weighted by atomic mass is 19.1. The Morgan fingerprint density at radius 2 is 2.07 bits per heavy atom. The maximum atomic E-state index is 14.6. The Kier molecular flexibility index (Phi) is 4.54. The van der Waals surface area contributed by atoms with Crippen LogP contribution in [-0.2, 0) is 6.54 Å². The zero-order valence-electron chi connectivity index (χ0n) is 16.6. The predicted octanol–water partition coefficient (Wildman–Crippen LogP) is 4.49. The summed E-state index contributed by atoms with van der Waals surface area (Å²) in [6.45, 7) is 2.37. The van der Waals surface area contributed by atoms with E-state index in [-0.39, 0.29) is 17.8 Å². The van der Waals surface area contributed by atoms with Gasteiger partial charge < -0.3 is 5.32 Å². The van der Waals surface area contributed by atoms with E-state index in [2.05, 4.69) is 15.4 Å². The number of pyridine rings is 1. The van der Waals surface area contributed by atoms with E-state index in [0.717, 1.165) is 40.4 Å². The number of benzene rings is 2. The Balaban J connectivity index is 1.50. The smallest absolute Gasteiger partial charge is 0.251 e. The molecule has 150 valence electrons. The van der Waals surface area contributed by atoms with Crippen molar-refractivity contribution in [2.45, 2.75) is 32.4 Å². The molecular weight excluding hydrogens is 379 g/mol. The normalized spacial score (nSPS) is 13.5. The van der Waals surface area contributed by atoms with Gasteiger partial charge in [0.1, 0.15) is 5.82 Å². The average molecular weight is 400 g/mol. The number of nitrogens with one attached hydrogen (secondary N) is 1. The Hall–Kier alpha value is -3.54. The molecule has 0 saturated heterocycles. The molecule has 0 aliphatic heterocycles. The molecule has 1 amide bonds. The second kappa shape index (κ2) is 7.37. The van der Waals surface area contributed by atoms with E-state index < -0.39 is 0 Å². The molecule has 2 aromatic heterocycles. The van der Waals surface area contributed by atoms with Gasteiger partial charge in [-0.2, -0.15) is 5.10 Å². The van der Waals surface area contributed by atoms with E-state index in [9.17, 15) is 9.18 Å². The van der Waals surface area contributed by atoms with Crippen LogP contribution in [0.4, 0.5) is 4.39 Å². The van der Waals surface area contributed by atoms with Gasteiger partial charge in [-0.15, -0.1) is 0 Å². The summed E-state index contributed by atoms with van der Waals surface area (Å²) in [5, 5.41) is 8.39. The van der Waals surface area contributed by atoms with Crippen LogP contribution in [0.25, 0.3) is 22.0 Å². The zero-order chi connectivity index (χ0) is 20.7. The van der Waals surface area contributed by atoms with E-state index >= 15 is 0 Å². The number of carbonyl (C=O) groups is 1. The van der Waals surface area contributed by atoms with Crippen molar-refractivity contribution in [3.05, 3.63) is 83.6 Å². The first-order valence-corrected chi connectivity index (χ1v) is 10.0. The lowest BCUT2D eigenvalue weighted by molar-refractivity contribution is 0.0950. The third-order valence-electron chi connectivity index (χ3n) is 5.53. The lowest BCUT2D eigenvalue weighted by Gasteiger charge is -2.11. The zero-order valence-corrected chi connectivity index (χ0v) is 16.6. The fraction of sp³-hybridized carbons (Fsp3) is 0.208. The van der Waals surface area contributed by atoms with Crippen LogP contribution >= 0.6 is 0 Å². The summed E-state index contributed by atoms with van der Waals surface area (Å²) in [4.78, 5) is 16.6. The maximum Gasteiger partial charge on any atom is 0.251 e. The number of rotatable bonds is 5. The number of nitrogens with zero attached hydrogens (tertiary/aromatic N) is 3. The average Bonchev–Trinajstić information content (AvgIpc) is 3.49. The van der Waals surface area contributed by atoms with E-state index in [1.165, 1.54) is 6.07 Å². The summed E-state index contributed by atoms with van der Waals surface area (Å²) in [5.41, 5.74) is 4.52. The number of aromatic nitrogens is 3. The van der Waals surface area contributed by atoms with E-state index in [1.54, 1.807) is 19.2 Å². The second-order valence-electron chi connectivity index (χ2n) is 7.82. The standard InChI is InChI=1S/C24H21FN4O/c1-15-21(10-18(11-22(15)25)24(30)28-20-5-6-20)17-4-7-23-19(9-17)13-27-29(23)14-16-3-2-8-26-12-16/h2-4,7-13,20H,5-6,14H2,1H3,(H,28,30). The van der Waals surface area contributed by atoms with Gasteiger partial charge >= 0.3 is 0 Å². The summed E-state index contributed by atoms with van der Waals surface area (Å²) < 4.78 is 16.5. The molecule has 0 radical (unpaired) electrons. The molecule has 1 fully saturated rings. The van der Waals surface area contributed by atoms with Crippen molar-refractivity contribution in [2.24, 2.45) is 0 Å². The molecule has 2 heterocycles. The first kappa shape index (κ1) is 18.5. The van der Waals surface area contributed by atoms with Gasteiger partial charge in [0.2, 0.25) is 0 Å². The maximum absolute atomic E-state index is 14.6. The van der Waals surface area contributed by atoms with Gasteiger partial charge in [0.15, 0.2) is 0 Å². The Bertz CT molecular complexity index is 1250. The second-order valence-corrected chi connectivity index (χ2v) is 7.82. The third-order valence-corrected chi connectivity index (χ3v) is 5.53. The largest absolute Gasteiger partial charge is 0.349 e. The topological polar surface area (TPSA) is 59.8 Å². The van der Waals surface area contributed by atoms with Crippen LogP contribution in [0.2, 0.25) is 0 Å². The molecule has 5 nitrogen and oxygen atoms in total. The fourth-order valence-electron chi connectivity index (χ4n) is 3.65. The summed E-state index contributed by atoms with van der Waals surface area (Å²) in [6.07, 6.45) is 7.37. The molecule has 6 heteroatoms. The molecular formula is C24H21FN4O. The SMILES string of the molecule is Cc1c(F)cc(C(=O)NC2CC2)cc1-c1ccc2c(cnn2Cc2cccnc2)c1. The molecule has 0 atom stereocenters. The highest BCUT2D eigenvalue weighted by Gasteiger charge is 2.24. The molecule has 1 saturated carbocycles. The summed E-state index contributed by atoms with van der Waals surface area (Å²) >= 11 is 0. The van der Waals surface area contributed by atoms with Gasteiger partial charge in [0, 0.05) is 29.4 Å². The first-order chi connectivity index (χ1) is 14.6. The summed E-state index contributed by atoms with van der Waals surface area (Å²) in [6, 6.07) is 13.2. The van der Waals surface area contributed by atoms with Crippen LogP contribution in [0, 0.1) is 12.7 Å². The molecule has 2 aromatic carbocycles. The molecule has 0 bridgehead atoms.